The number of ether oxygens (including phenoxy) is 1. The van der Waals surface area contributed by atoms with E-state index in [2.05, 4.69) is 28.1 Å². The molecule has 0 atom stereocenters. The molecule has 0 radical (unpaired) electrons. The van der Waals surface area contributed by atoms with Crippen molar-refractivity contribution in [3.63, 3.8) is 0 Å². The SMILES string of the molecule is COc1ccc(C)c2sc(N3CCN(CCNC(=O)c4ccc(N(C)C)cc4)CC3)nc12. The van der Waals surface area contributed by atoms with Crippen LogP contribution in [0.5, 0.6) is 5.75 Å². The number of aromatic nitrogens is 1. The molecule has 0 spiro atoms. The topological polar surface area (TPSA) is 60.9 Å². The number of hydrogen-bond donors (Lipinski definition) is 1. The molecule has 8 heteroatoms. The van der Waals surface area contributed by atoms with Gasteiger partial charge in [-0.3, -0.25) is 9.69 Å². The van der Waals surface area contributed by atoms with Gasteiger partial charge in [0.15, 0.2) is 5.13 Å². The zero-order chi connectivity index (χ0) is 22.7. The van der Waals surface area contributed by atoms with Crippen LogP contribution in [0.2, 0.25) is 0 Å². The van der Waals surface area contributed by atoms with Crippen molar-refractivity contribution >= 4 is 38.3 Å². The Balaban J connectivity index is 1.27. The Morgan fingerprint density at radius 3 is 2.50 bits per heavy atom. The van der Waals surface area contributed by atoms with Crippen molar-refractivity contribution in [2.45, 2.75) is 6.92 Å². The number of piperazine rings is 1. The fourth-order valence-electron chi connectivity index (χ4n) is 3.90. The van der Waals surface area contributed by atoms with Gasteiger partial charge in [-0.1, -0.05) is 17.4 Å². The molecule has 1 aliphatic rings. The van der Waals surface area contributed by atoms with E-state index in [0.717, 1.165) is 54.8 Å². The molecule has 1 amide bonds. The van der Waals surface area contributed by atoms with E-state index in [9.17, 15) is 4.79 Å². The minimum absolute atomic E-state index is 0.0206. The summed E-state index contributed by atoms with van der Waals surface area (Å²) in [6.45, 7) is 7.39. The third-order valence-electron chi connectivity index (χ3n) is 5.91. The molecule has 1 aromatic heterocycles. The van der Waals surface area contributed by atoms with Crippen LogP contribution in [-0.4, -0.2) is 76.3 Å². The molecular weight excluding hydrogens is 422 g/mol. The highest BCUT2D eigenvalue weighted by molar-refractivity contribution is 7.22. The van der Waals surface area contributed by atoms with Crippen LogP contribution in [0, 0.1) is 6.92 Å². The lowest BCUT2D eigenvalue weighted by atomic mass is 10.2. The van der Waals surface area contributed by atoms with Gasteiger partial charge in [0.05, 0.1) is 11.8 Å². The predicted molar refractivity (Wildman–Crippen MR) is 133 cm³/mol. The average Bonchev–Trinajstić information content (AvgIpc) is 3.26. The van der Waals surface area contributed by atoms with Gasteiger partial charge in [-0.05, 0) is 42.8 Å². The molecule has 1 saturated heterocycles. The first-order valence-corrected chi connectivity index (χ1v) is 11.7. The number of hydrogen-bond acceptors (Lipinski definition) is 7. The molecule has 1 N–H and O–H groups in total. The monoisotopic (exact) mass is 453 g/mol. The van der Waals surface area contributed by atoms with Crippen molar-refractivity contribution in [2.24, 2.45) is 0 Å². The van der Waals surface area contributed by atoms with Crippen molar-refractivity contribution in [1.29, 1.82) is 0 Å². The van der Waals surface area contributed by atoms with E-state index >= 15 is 0 Å². The lowest BCUT2D eigenvalue weighted by molar-refractivity contribution is 0.0948. The molecule has 0 aliphatic carbocycles. The summed E-state index contributed by atoms with van der Waals surface area (Å²) in [4.78, 5) is 24.0. The maximum atomic E-state index is 12.4. The quantitative estimate of drug-likeness (QED) is 0.593. The van der Waals surface area contributed by atoms with Gasteiger partial charge >= 0.3 is 0 Å². The highest BCUT2D eigenvalue weighted by Crippen LogP contribution is 2.36. The van der Waals surface area contributed by atoms with Crippen molar-refractivity contribution in [2.75, 3.05) is 70.3 Å². The van der Waals surface area contributed by atoms with Crippen LogP contribution in [0.3, 0.4) is 0 Å². The smallest absolute Gasteiger partial charge is 0.251 e. The lowest BCUT2D eigenvalue weighted by Crippen LogP contribution is -2.48. The van der Waals surface area contributed by atoms with Crippen molar-refractivity contribution in [1.82, 2.24) is 15.2 Å². The summed E-state index contributed by atoms with van der Waals surface area (Å²) in [6, 6.07) is 11.8. The van der Waals surface area contributed by atoms with Gasteiger partial charge in [0.1, 0.15) is 11.3 Å². The molecule has 0 unspecified atom stereocenters. The van der Waals surface area contributed by atoms with Gasteiger partial charge in [0, 0.05) is 64.6 Å². The number of rotatable bonds is 7. The van der Waals surface area contributed by atoms with Gasteiger partial charge < -0.3 is 19.9 Å². The normalized spacial score (nSPS) is 14.6. The van der Waals surface area contributed by atoms with Crippen molar-refractivity contribution < 1.29 is 9.53 Å². The minimum atomic E-state index is -0.0206. The van der Waals surface area contributed by atoms with Crippen LogP contribution in [0.25, 0.3) is 10.2 Å². The number of thiazole rings is 1. The third-order valence-corrected chi connectivity index (χ3v) is 7.17. The zero-order valence-corrected chi connectivity index (χ0v) is 20.0. The summed E-state index contributed by atoms with van der Waals surface area (Å²) in [5.41, 5.74) is 3.97. The first-order chi connectivity index (χ1) is 15.5. The Hall–Kier alpha value is -2.84. The molecule has 170 valence electrons. The maximum Gasteiger partial charge on any atom is 0.251 e. The first-order valence-electron chi connectivity index (χ1n) is 10.9. The van der Waals surface area contributed by atoms with Crippen LogP contribution in [-0.2, 0) is 0 Å². The summed E-state index contributed by atoms with van der Waals surface area (Å²) in [6.07, 6.45) is 0. The molecule has 0 bridgehead atoms. The Morgan fingerprint density at radius 1 is 1.12 bits per heavy atom. The number of carbonyl (C=O) groups excluding carboxylic acids is 1. The summed E-state index contributed by atoms with van der Waals surface area (Å²) in [5, 5.41) is 4.10. The van der Waals surface area contributed by atoms with Crippen LogP contribution in [0.1, 0.15) is 15.9 Å². The second-order valence-corrected chi connectivity index (χ2v) is 9.26. The minimum Gasteiger partial charge on any atom is -0.494 e. The summed E-state index contributed by atoms with van der Waals surface area (Å²) in [5.74, 6) is 0.812. The standard InChI is InChI=1S/C24H31N5O2S/c1-17-5-10-20(31-4)21-22(17)32-24(26-21)29-15-13-28(14-16-29)12-11-25-23(30)18-6-8-19(9-7-18)27(2)3/h5-10H,11-16H2,1-4H3,(H,25,30). The van der Waals surface area contributed by atoms with E-state index in [4.69, 9.17) is 9.72 Å². The number of anilines is 2. The molecule has 1 aliphatic heterocycles. The largest absolute Gasteiger partial charge is 0.494 e. The zero-order valence-electron chi connectivity index (χ0n) is 19.2. The number of nitrogens with zero attached hydrogens (tertiary/aromatic N) is 4. The van der Waals surface area contributed by atoms with Crippen molar-refractivity contribution in [3.05, 3.63) is 47.5 Å². The van der Waals surface area contributed by atoms with E-state index in [1.54, 1.807) is 18.4 Å². The Bertz CT molecular complexity index is 1070. The number of aryl methyl sites for hydroxylation is 1. The summed E-state index contributed by atoms with van der Waals surface area (Å²) >= 11 is 1.74. The lowest BCUT2D eigenvalue weighted by Gasteiger charge is -2.34. The van der Waals surface area contributed by atoms with Gasteiger partial charge in [-0.25, -0.2) is 4.98 Å². The molecular formula is C24H31N5O2S. The Morgan fingerprint density at radius 2 is 1.84 bits per heavy atom. The van der Waals surface area contributed by atoms with Gasteiger partial charge in [-0.15, -0.1) is 0 Å². The number of benzene rings is 2. The Kier molecular flexibility index (Phi) is 6.81. The van der Waals surface area contributed by atoms with E-state index in [-0.39, 0.29) is 5.91 Å². The predicted octanol–water partition coefficient (Wildman–Crippen LogP) is 3.23. The second kappa shape index (κ2) is 9.75. The number of methoxy groups -OCH3 is 1. The van der Waals surface area contributed by atoms with Crippen LogP contribution >= 0.6 is 11.3 Å². The van der Waals surface area contributed by atoms with Crippen LogP contribution in [0.4, 0.5) is 10.8 Å². The fraction of sp³-hybridized carbons (Fsp3) is 0.417. The summed E-state index contributed by atoms with van der Waals surface area (Å²) < 4.78 is 6.69. The molecule has 4 rings (SSSR count). The van der Waals surface area contributed by atoms with Crippen LogP contribution < -0.4 is 19.9 Å². The summed E-state index contributed by atoms with van der Waals surface area (Å²) in [7, 11) is 5.67. The van der Waals surface area contributed by atoms with E-state index in [0.29, 0.717) is 12.1 Å². The van der Waals surface area contributed by atoms with Gasteiger partial charge in [0.2, 0.25) is 0 Å². The highest BCUT2D eigenvalue weighted by Gasteiger charge is 2.21. The number of amides is 1. The van der Waals surface area contributed by atoms with Crippen LogP contribution in [0.15, 0.2) is 36.4 Å². The molecule has 0 saturated carbocycles. The third kappa shape index (κ3) is 4.81. The van der Waals surface area contributed by atoms with E-state index in [1.807, 2.05) is 49.3 Å². The Labute approximate surface area is 193 Å². The van der Waals surface area contributed by atoms with E-state index in [1.165, 1.54) is 10.3 Å². The average molecular weight is 454 g/mol. The molecule has 32 heavy (non-hydrogen) atoms. The van der Waals surface area contributed by atoms with Gasteiger partial charge in [0.25, 0.3) is 5.91 Å². The molecule has 1 fully saturated rings. The second-order valence-electron chi connectivity index (χ2n) is 8.28. The molecule has 3 aromatic rings. The number of carbonyl (C=O) groups is 1. The first kappa shape index (κ1) is 22.4. The van der Waals surface area contributed by atoms with Crippen molar-refractivity contribution in [3.8, 4) is 5.75 Å². The molecule has 7 nitrogen and oxygen atoms in total. The maximum absolute atomic E-state index is 12.4. The molecule has 2 heterocycles. The number of nitrogens with one attached hydrogen (secondary N) is 1. The number of fused-ring (bicyclic) bond motifs is 1. The molecule has 2 aromatic carbocycles. The highest BCUT2D eigenvalue weighted by atomic mass is 32.1. The van der Waals surface area contributed by atoms with Gasteiger partial charge in [-0.2, -0.15) is 0 Å². The fourth-order valence-corrected chi connectivity index (χ4v) is 5.00. The van der Waals surface area contributed by atoms with E-state index < -0.39 is 0 Å².